The Kier molecular flexibility index (Phi) is 3.51. The van der Waals surface area contributed by atoms with Gasteiger partial charge in [-0.3, -0.25) is 0 Å². The Hall–Kier alpha value is -0.910. The van der Waals surface area contributed by atoms with Crippen molar-refractivity contribution in [3.8, 4) is 0 Å². The maximum absolute atomic E-state index is 12.1. The first-order valence-electron chi connectivity index (χ1n) is 5.71. The highest BCUT2D eigenvalue weighted by molar-refractivity contribution is 7.89. The van der Waals surface area contributed by atoms with E-state index >= 15 is 0 Å². The molecule has 0 spiro atoms. The molecule has 1 heterocycles. The molecule has 1 N–H and O–H groups in total. The van der Waals surface area contributed by atoms with Crippen LogP contribution >= 0.6 is 0 Å². The zero-order valence-corrected chi connectivity index (χ0v) is 10.6. The van der Waals surface area contributed by atoms with Gasteiger partial charge in [-0.2, -0.15) is 0 Å². The van der Waals surface area contributed by atoms with Crippen molar-refractivity contribution >= 4 is 10.0 Å². The van der Waals surface area contributed by atoms with Crippen molar-refractivity contribution in [3.63, 3.8) is 0 Å². The summed E-state index contributed by atoms with van der Waals surface area (Å²) in [5, 5.41) is 9.47. The van der Waals surface area contributed by atoms with Gasteiger partial charge in [0.1, 0.15) is 5.25 Å². The number of hydrogen-bond donors (Lipinski definition) is 1. The minimum Gasteiger partial charge on any atom is -0.387 e. The van der Waals surface area contributed by atoms with Gasteiger partial charge in [0.15, 0.2) is 0 Å². The quantitative estimate of drug-likeness (QED) is 0.862. The highest BCUT2D eigenvalue weighted by Gasteiger charge is 2.38. The molecule has 94 valence electrons. The molecule has 2 unspecified atom stereocenters. The summed E-state index contributed by atoms with van der Waals surface area (Å²) in [7, 11) is -1.80. The average Bonchev–Trinajstić information content (AvgIpc) is 2.33. The summed E-state index contributed by atoms with van der Waals surface area (Å²) >= 11 is 0. The van der Waals surface area contributed by atoms with Gasteiger partial charge in [-0.25, -0.2) is 12.7 Å². The number of sulfonamides is 1. The third-order valence-electron chi connectivity index (χ3n) is 3.27. The molecule has 1 saturated heterocycles. The first-order chi connectivity index (χ1) is 8.03. The van der Waals surface area contributed by atoms with E-state index in [1.165, 1.54) is 4.31 Å². The summed E-state index contributed by atoms with van der Waals surface area (Å²) in [5.41, 5.74) is 0.663. The molecule has 1 fully saturated rings. The monoisotopic (exact) mass is 255 g/mol. The van der Waals surface area contributed by atoms with Crippen molar-refractivity contribution in [2.45, 2.75) is 24.2 Å². The normalized spacial score (nSPS) is 26.6. The fourth-order valence-corrected chi connectivity index (χ4v) is 4.00. The molecule has 17 heavy (non-hydrogen) atoms. The molecule has 0 aliphatic carbocycles. The molecule has 1 aromatic carbocycles. The Morgan fingerprint density at radius 1 is 1.35 bits per heavy atom. The van der Waals surface area contributed by atoms with Gasteiger partial charge in [0, 0.05) is 13.6 Å². The van der Waals surface area contributed by atoms with Crippen LogP contribution in [-0.2, 0) is 10.0 Å². The van der Waals surface area contributed by atoms with E-state index in [0.29, 0.717) is 18.5 Å². The number of nitrogens with zero attached hydrogens (tertiary/aromatic N) is 1. The molecule has 0 amide bonds. The Bertz CT molecular complexity index is 472. The molecule has 1 aromatic rings. The SMILES string of the molecule is CN1CCCC(C(O)c2ccccc2)S1(=O)=O. The van der Waals surface area contributed by atoms with E-state index in [4.69, 9.17) is 0 Å². The molecule has 4 nitrogen and oxygen atoms in total. The molecular weight excluding hydrogens is 238 g/mol. The Labute approximate surface area is 102 Å². The minimum atomic E-state index is -3.37. The second-order valence-corrected chi connectivity index (χ2v) is 6.66. The highest BCUT2D eigenvalue weighted by Crippen LogP contribution is 2.30. The fraction of sp³-hybridized carbons (Fsp3) is 0.500. The Balaban J connectivity index is 2.28. The summed E-state index contributed by atoms with van der Waals surface area (Å²) < 4.78 is 25.5. The van der Waals surface area contributed by atoms with Crippen LogP contribution in [0.5, 0.6) is 0 Å². The second kappa shape index (κ2) is 4.76. The smallest absolute Gasteiger partial charge is 0.219 e. The average molecular weight is 255 g/mol. The van der Waals surface area contributed by atoms with Gasteiger partial charge in [-0.1, -0.05) is 30.3 Å². The van der Waals surface area contributed by atoms with Crippen molar-refractivity contribution in [1.82, 2.24) is 4.31 Å². The van der Waals surface area contributed by atoms with Crippen molar-refractivity contribution in [1.29, 1.82) is 0 Å². The molecule has 0 saturated carbocycles. The predicted octanol–water partition coefficient (Wildman–Crippen LogP) is 1.14. The van der Waals surface area contributed by atoms with E-state index in [-0.39, 0.29) is 0 Å². The van der Waals surface area contributed by atoms with Crippen LogP contribution in [0.3, 0.4) is 0 Å². The maximum Gasteiger partial charge on any atom is 0.219 e. The van der Waals surface area contributed by atoms with E-state index < -0.39 is 21.4 Å². The topological polar surface area (TPSA) is 57.6 Å². The number of benzene rings is 1. The number of aliphatic hydroxyl groups is 1. The molecule has 2 atom stereocenters. The molecule has 2 rings (SSSR count). The first-order valence-corrected chi connectivity index (χ1v) is 7.22. The lowest BCUT2D eigenvalue weighted by Crippen LogP contribution is -2.44. The third kappa shape index (κ3) is 2.36. The van der Waals surface area contributed by atoms with Crippen LogP contribution in [0, 0.1) is 0 Å². The second-order valence-electron chi connectivity index (χ2n) is 4.40. The van der Waals surface area contributed by atoms with E-state index in [0.717, 1.165) is 6.42 Å². The minimum absolute atomic E-state index is 0.517. The lowest BCUT2D eigenvalue weighted by Gasteiger charge is -2.32. The molecule has 1 aliphatic heterocycles. The van der Waals surface area contributed by atoms with Crippen LogP contribution < -0.4 is 0 Å². The van der Waals surface area contributed by atoms with Gasteiger partial charge in [-0.05, 0) is 18.4 Å². The maximum atomic E-state index is 12.1. The summed E-state index contributed by atoms with van der Waals surface area (Å²) in [4.78, 5) is 0. The van der Waals surface area contributed by atoms with Crippen LogP contribution in [0.4, 0.5) is 0 Å². The van der Waals surface area contributed by atoms with Gasteiger partial charge in [0.25, 0.3) is 0 Å². The van der Waals surface area contributed by atoms with Crippen molar-refractivity contribution < 1.29 is 13.5 Å². The largest absolute Gasteiger partial charge is 0.387 e. The van der Waals surface area contributed by atoms with Crippen LogP contribution in [0.15, 0.2) is 30.3 Å². The molecule has 1 aliphatic rings. The van der Waals surface area contributed by atoms with Crippen LogP contribution in [0.2, 0.25) is 0 Å². The predicted molar refractivity (Wildman–Crippen MR) is 66.0 cm³/mol. The summed E-state index contributed by atoms with van der Waals surface area (Å²) in [6.07, 6.45) is 0.372. The van der Waals surface area contributed by atoms with Gasteiger partial charge in [0.05, 0.1) is 6.10 Å². The highest BCUT2D eigenvalue weighted by atomic mass is 32.2. The molecule has 5 heteroatoms. The molecule has 0 aromatic heterocycles. The third-order valence-corrected chi connectivity index (χ3v) is 5.58. The van der Waals surface area contributed by atoms with Crippen molar-refractivity contribution in [3.05, 3.63) is 35.9 Å². The molecule has 0 bridgehead atoms. The van der Waals surface area contributed by atoms with Crippen molar-refractivity contribution in [2.75, 3.05) is 13.6 Å². The van der Waals surface area contributed by atoms with Crippen LogP contribution in [-0.4, -0.2) is 36.7 Å². The zero-order valence-electron chi connectivity index (χ0n) is 9.78. The Morgan fingerprint density at radius 3 is 2.65 bits per heavy atom. The van der Waals surface area contributed by atoms with Crippen LogP contribution in [0.25, 0.3) is 0 Å². The van der Waals surface area contributed by atoms with Crippen molar-refractivity contribution in [2.24, 2.45) is 0 Å². The Morgan fingerprint density at radius 2 is 2.00 bits per heavy atom. The zero-order chi connectivity index (χ0) is 12.5. The lowest BCUT2D eigenvalue weighted by atomic mass is 10.0. The molecule has 0 radical (unpaired) electrons. The van der Waals surface area contributed by atoms with Gasteiger partial charge >= 0.3 is 0 Å². The van der Waals surface area contributed by atoms with Crippen LogP contribution in [0.1, 0.15) is 24.5 Å². The standard InChI is InChI=1S/C12H17NO3S/c1-13-9-5-8-11(17(13,15)16)12(14)10-6-3-2-4-7-10/h2-4,6-7,11-12,14H,5,8-9H2,1H3. The summed E-state index contributed by atoms with van der Waals surface area (Å²) in [6.45, 7) is 0.542. The number of rotatable bonds is 2. The summed E-state index contributed by atoms with van der Waals surface area (Å²) in [5.74, 6) is 0. The fourth-order valence-electron chi connectivity index (χ4n) is 2.21. The summed E-state index contributed by atoms with van der Waals surface area (Å²) in [6, 6.07) is 8.97. The lowest BCUT2D eigenvalue weighted by molar-refractivity contribution is 0.158. The van der Waals surface area contributed by atoms with E-state index in [1.807, 2.05) is 6.07 Å². The van der Waals surface area contributed by atoms with Gasteiger partial charge in [-0.15, -0.1) is 0 Å². The molecular formula is C12H17NO3S. The van der Waals surface area contributed by atoms with Gasteiger partial charge in [0.2, 0.25) is 10.0 Å². The van der Waals surface area contributed by atoms with E-state index in [2.05, 4.69) is 0 Å². The van der Waals surface area contributed by atoms with E-state index in [1.54, 1.807) is 31.3 Å². The number of aliphatic hydroxyl groups excluding tert-OH is 1. The van der Waals surface area contributed by atoms with E-state index in [9.17, 15) is 13.5 Å². The first kappa shape index (κ1) is 12.5. The van der Waals surface area contributed by atoms with Gasteiger partial charge < -0.3 is 5.11 Å². The number of hydrogen-bond acceptors (Lipinski definition) is 3.